The van der Waals surface area contributed by atoms with Crippen LogP contribution in [0.2, 0.25) is 6.75 Å². The van der Waals surface area contributed by atoms with Crippen LogP contribution in [0.15, 0.2) is 126 Å². The van der Waals surface area contributed by atoms with Gasteiger partial charge in [-0.2, -0.15) is 0 Å². The van der Waals surface area contributed by atoms with E-state index in [9.17, 15) is 0 Å². The van der Waals surface area contributed by atoms with Crippen molar-refractivity contribution in [3.8, 4) is 0 Å². The van der Waals surface area contributed by atoms with Crippen molar-refractivity contribution < 1.29 is 46.1 Å². The third-order valence-electron chi connectivity index (χ3n) is 16.1. The van der Waals surface area contributed by atoms with Gasteiger partial charge in [-0.1, -0.05) is 0 Å². The minimum Gasteiger partial charge on any atom is -1.00 e. The quantitative estimate of drug-likeness (QED) is 0.229. The van der Waals surface area contributed by atoms with Crippen molar-refractivity contribution in [2.45, 2.75) is 89.0 Å². The molecule has 1 fully saturated rings. The number of halogens is 8. The molecule has 3 aromatic rings. The van der Waals surface area contributed by atoms with E-state index in [0.29, 0.717) is 17.0 Å². The zero-order valence-electron chi connectivity index (χ0n) is 34.2. The molecule has 0 nitrogen and oxygen atoms in total. The van der Waals surface area contributed by atoms with Crippen LogP contribution in [-0.4, -0.2) is 3.21 Å². The van der Waals surface area contributed by atoms with Crippen molar-refractivity contribution >= 4 is 78.4 Å². The number of hydrogen-bond donors (Lipinski definition) is 0. The Bertz CT molecular complexity index is 2240. The number of fused-ring (bicyclic) bond motifs is 6. The van der Waals surface area contributed by atoms with Gasteiger partial charge in [0.1, 0.15) is 0 Å². The molecular formula is C49H50Cl8Zr. The van der Waals surface area contributed by atoms with Crippen molar-refractivity contribution in [2.75, 3.05) is 0 Å². The minimum atomic E-state index is -3.28. The van der Waals surface area contributed by atoms with Crippen LogP contribution < -0.4 is 24.8 Å². The zero-order chi connectivity index (χ0) is 40.4. The molecule has 0 radical (unpaired) electrons. The summed E-state index contributed by atoms with van der Waals surface area (Å²) in [5, 5.41) is 0. The van der Waals surface area contributed by atoms with E-state index in [4.69, 9.17) is 69.6 Å². The Kier molecular flexibility index (Phi) is 12.9. The van der Waals surface area contributed by atoms with Gasteiger partial charge >= 0.3 is 376 Å². The average Bonchev–Trinajstić information content (AvgIpc) is 3.81. The van der Waals surface area contributed by atoms with Crippen LogP contribution in [0.25, 0.3) is 5.57 Å². The predicted molar refractivity (Wildman–Crippen MR) is 240 cm³/mol. The van der Waals surface area contributed by atoms with Gasteiger partial charge < -0.3 is 24.8 Å². The molecule has 306 valence electrons. The van der Waals surface area contributed by atoms with Gasteiger partial charge in [-0.15, -0.1) is 0 Å². The summed E-state index contributed by atoms with van der Waals surface area (Å²) in [7, 11) is 0. The summed E-state index contributed by atoms with van der Waals surface area (Å²) in [5.41, 5.74) is 12.4. The summed E-state index contributed by atoms with van der Waals surface area (Å²) in [5.74, 6) is 0.395. The molecule has 0 aromatic heterocycles. The van der Waals surface area contributed by atoms with E-state index in [2.05, 4.69) is 140 Å². The molecule has 1 saturated carbocycles. The molecule has 8 rings (SSSR count). The van der Waals surface area contributed by atoms with E-state index in [1.54, 1.807) is 16.7 Å². The summed E-state index contributed by atoms with van der Waals surface area (Å²) in [4.78, 5) is 0. The molecule has 0 saturated heterocycles. The molecule has 3 aromatic carbocycles. The monoisotopic (exact) mass is 1010 g/mol. The fourth-order valence-corrected chi connectivity index (χ4v) is 24.3. The van der Waals surface area contributed by atoms with E-state index in [1.165, 1.54) is 31.0 Å². The minimum absolute atomic E-state index is 0. The van der Waals surface area contributed by atoms with Crippen LogP contribution in [-0.2, 0) is 35.3 Å². The Labute approximate surface area is 396 Å². The Morgan fingerprint density at radius 3 is 1.69 bits per heavy atom. The van der Waals surface area contributed by atoms with E-state index in [1.807, 2.05) is 24.3 Å². The van der Waals surface area contributed by atoms with Gasteiger partial charge in [0.15, 0.2) is 0 Å². The molecular weight excluding hydrogens is 963 g/mol. The van der Waals surface area contributed by atoms with Crippen molar-refractivity contribution in [3.05, 3.63) is 159 Å². The first kappa shape index (κ1) is 46.9. The van der Waals surface area contributed by atoms with Crippen LogP contribution in [0.4, 0.5) is 0 Å². The maximum absolute atomic E-state index is 6.48. The third-order valence-corrected chi connectivity index (χ3v) is 27.6. The number of hydrogen-bond acceptors (Lipinski definition) is 0. The van der Waals surface area contributed by atoms with E-state index in [0.717, 1.165) is 19.3 Å². The number of alkyl halides is 6. The number of allylic oxidation sites excluding steroid dienone is 10. The first-order chi connectivity index (χ1) is 26.1. The topological polar surface area (TPSA) is 0 Å². The second-order valence-electron chi connectivity index (χ2n) is 18.5. The second-order valence-corrected chi connectivity index (χ2v) is 30.4. The first-order valence-corrected chi connectivity index (χ1v) is 25.9. The van der Waals surface area contributed by atoms with Gasteiger partial charge in [0, 0.05) is 0 Å². The zero-order valence-corrected chi connectivity index (χ0v) is 42.7. The smallest absolute Gasteiger partial charge is 1.00 e. The normalized spacial score (nSPS) is 26.1. The summed E-state index contributed by atoms with van der Waals surface area (Å²) in [6.07, 6.45) is 17.7. The summed E-state index contributed by atoms with van der Waals surface area (Å²) < 4.78 is -1.54. The Hall–Kier alpha value is -0.567. The molecule has 5 aliphatic carbocycles. The predicted octanol–water partition coefficient (Wildman–Crippen LogP) is 10.0. The van der Waals surface area contributed by atoms with Crippen LogP contribution in [0.5, 0.6) is 0 Å². The van der Waals surface area contributed by atoms with E-state index >= 15 is 0 Å². The van der Waals surface area contributed by atoms with Gasteiger partial charge in [0.25, 0.3) is 0 Å². The van der Waals surface area contributed by atoms with Crippen LogP contribution in [0.1, 0.15) is 102 Å². The van der Waals surface area contributed by atoms with Crippen molar-refractivity contribution in [1.82, 2.24) is 0 Å². The summed E-state index contributed by atoms with van der Waals surface area (Å²) in [6.45, 7) is 21.0. The Morgan fingerprint density at radius 1 is 0.655 bits per heavy atom. The molecule has 9 heteroatoms. The molecule has 0 bridgehead atoms. The van der Waals surface area contributed by atoms with Gasteiger partial charge in [0.2, 0.25) is 0 Å². The molecule has 3 unspecified atom stereocenters. The van der Waals surface area contributed by atoms with Crippen molar-refractivity contribution in [3.63, 3.8) is 0 Å². The van der Waals surface area contributed by atoms with Gasteiger partial charge in [-0.05, 0) is 0 Å². The molecule has 0 spiro atoms. The third kappa shape index (κ3) is 6.71. The molecule has 0 heterocycles. The first-order valence-electron chi connectivity index (χ1n) is 19.8. The Balaban J connectivity index is 0.00000283. The SMILES string of the molecule is CC12C(=C3Cc4ccccc4C3=C3C=CCCC31)[C](C)([Zr+2](=[C](c1ccc(C(Cl)(Cl)Cl)cc1)c1ccc(C(Cl)(Cl)Cl)cc1)[CH]1C=CC=C1)C(C)(C)C(C)(C)C2(C)C.[Cl-].[Cl-]. The summed E-state index contributed by atoms with van der Waals surface area (Å²) >= 11 is 35.6. The maximum Gasteiger partial charge on any atom is -1.00 e. The Morgan fingerprint density at radius 2 is 1.17 bits per heavy atom. The van der Waals surface area contributed by atoms with Crippen LogP contribution >= 0.6 is 69.6 Å². The van der Waals surface area contributed by atoms with Crippen LogP contribution in [0, 0.1) is 27.6 Å². The summed E-state index contributed by atoms with van der Waals surface area (Å²) in [6, 6.07) is 25.9. The van der Waals surface area contributed by atoms with Crippen molar-refractivity contribution in [2.24, 2.45) is 27.6 Å². The average molecular weight is 1010 g/mol. The standard InChI is InChI=1S/C29H37.C15H8Cl6.C5H5.2ClH.Zr/c1-18-25-22-17-19-13-9-10-14-20(19)24(22)21-15-11-12-16-23(21)29(25,8)28(6,7)27(4,5)26(18,2)3;16-14(17,18)12-5-1-10(2-6-12)9-11-3-7-13(8-4-11)15(19,20)21;1-2-4-5-3-1;;;/h9-11,13-15,23H,12,16-17H2,1-8H3;1-8H;1-5H;2*1H;/q;;;;;+2/p-2. The van der Waals surface area contributed by atoms with E-state index in [-0.39, 0.29) is 53.2 Å². The molecule has 0 aliphatic heterocycles. The van der Waals surface area contributed by atoms with Gasteiger partial charge in [-0.3, -0.25) is 0 Å². The molecule has 3 atom stereocenters. The number of rotatable bonds is 4. The molecule has 58 heavy (non-hydrogen) atoms. The molecule has 0 N–H and O–H groups in total. The maximum atomic E-state index is 6.48. The molecule has 0 amide bonds. The second kappa shape index (κ2) is 15.9. The van der Waals surface area contributed by atoms with Gasteiger partial charge in [-0.25, -0.2) is 0 Å². The molecule has 5 aliphatic rings. The number of benzene rings is 3. The van der Waals surface area contributed by atoms with E-state index < -0.39 is 28.9 Å². The largest absolute Gasteiger partial charge is 1.00 e. The fraction of sp³-hybridized carbons (Fsp3) is 0.408. The van der Waals surface area contributed by atoms with Gasteiger partial charge in [0.05, 0.1) is 0 Å². The fourth-order valence-electron chi connectivity index (χ4n) is 11.9. The van der Waals surface area contributed by atoms with Crippen LogP contribution in [0.3, 0.4) is 0 Å². The van der Waals surface area contributed by atoms with Crippen molar-refractivity contribution in [1.29, 1.82) is 0 Å².